The molecular formula is C31H34N2. The lowest BCUT2D eigenvalue weighted by Gasteiger charge is -2.07. The molecule has 1 N–H and O–H groups in total. The molecule has 0 fully saturated rings. The van der Waals surface area contributed by atoms with Crippen LogP contribution >= 0.6 is 0 Å². The highest BCUT2D eigenvalue weighted by Crippen LogP contribution is 2.22. The van der Waals surface area contributed by atoms with Crippen molar-refractivity contribution in [2.75, 3.05) is 0 Å². The number of hydrogen-bond acceptors (Lipinski definition) is 1. The van der Waals surface area contributed by atoms with E-state index in [1.807, 2.05) is 0 Å². The first-order valence-corrected chi connectivity index (χ1v) is 11.4. The lowest BCUT2D eigenvalue weighted by molar-refractivity contribution is 0.936. The summed E-state index contributed by atoms with van der Waals surface area (Å²) in [7, 11) is 2.07. The van der Waals surface area contributed by atoms with Crippen LogP contribution in [0, 0.1) is 33.1 Å². The van der Waals surface area contributed by atoms with E-state index in [1.165, 1.54) is 45.3 Å². The smallest absolute Gasteiger partial charge is 0.0480 e. The summed E-state index contributed by atoms with van der Waals surface area (Å²) in [4.78, 5) is 0. The molecule has 0 aliphatic rings. The van der Waals surface area contributed by atoms with E-state index in [0.29, 0.717) is 0 Å². The molecule has 0 atom stereocenters. The van der Waals surface area contributed by atoms with Gasteiger partial charge in [-0.05, 0) is 74.1 Å². The summed E-state index contributed by atoms with van der Waals surface area (Å²) in [5.74, 6) is 0. The highest BCUT2D eigenvalue weighted by Gasteiger charge is 2.03. The summed E-state index contributed by atoms with van der Waals surface area (Å²) in [5.41, 5.74) is 11.1. The van der Waals surface area contributed by atoms with Gasteiger partial charge in [0.05, 0.1) is 0 Å². The van der Waals surface area contributed by atoms with Gasteiger partial charge in [-0.3, -0.25) is 0 Å². The zero-order valence-electron chi connectivity index (χ0n) is 20.4. The summed E-state index contributed by atoms with van der Waals surface area (Å²) < 4.78 is 2.14. The molecule has 0 radical (unpaired) electrons. The Morgan fingerprint density at radius 1 is 0.788 bits per heavy atom. The van der Waals surface area contributed by atoms with Crippen LogP contribution in [0.4, 0.5) is 0 Å². The molecular weight excluding hydrogens is 400 g/mol. The first-order valence-electron chi connectivity index (χ1n) is 11.4. The summed E-state index contributed by atoms with van der Waals surface area (Å²) in [6, 6.07) is 27.5. The Labute approximate surface area is 198 Å². The van der Waals surface area contributed by atoms with Crippen LogP contribution in [0.2, 0.25) is 0 Å². The molecule has 1 heterocycles. The molecule has 2 nitrogen and oxygen atoms in total. The van der Waals surface area contributed by atoms with Gasteiger partial charge < -0.3 is 9.98 Å². The summed E-state index contributed by atoms with van der Waals surface area (Å²) in [5, 5.41) is 7.66. The number of nitrogens with zero attached hydrogens (tertiary/aromatic N) is 1. The zero-order valence-corrected chi connectivity index (χ0v) is 20.4. The monoisotopic (exact) mass is 434 g/mol. The van der Waals surface area contributed by atoms with Crippen LogP contribution in [-0.4, -0.2) is 10.8 Å². The molecule has 0 saturated carbocycles. The van der Waals surface area contributed by atoms with E-state index in [1.54, 1.807) is 0 Å². The van der Waals surface area contributed by atoms with E-state index in [-0.39, 0.29) is 0 Å². The standard InChI is InChI=1S/C19H21N.C12H13N/c1-14-10-15(2)12-19(11-14)18(13-20)9-8-17-7-5-4-6-16(17)3;1-10-6-3-4-7-11(10)12-8-5-9-13(12)2/h4-7,9-13,20H,8H2,1-3H3;3-9H,1-2H3/b18-9+,20-13?;. The molecule has 168 valence electrons. The maximum absolute atomic E-state index is 7.66. The molecule has 0 spiro atoms. The highest BCUT2D eigenvalue weighted by atomic mass is 14.9. The number of aryl methyl sites for hydroxylation is 5. The Kier molecular flexibility index (Phi) is 8.21. The molecule has 0 amide bonds. The van der Waals surface area contributed by atoms with E-state index < -0.39 is 0 Å². The van der Waals surface area contributed by atoms with Gasteiger partial charge in [-0.1, -0.05) is 83.9 Å². The molecule has 2 heteroatoms. The van der Waals surface area contributed by atoms with Gasteiger partial charge >= 0.3 is 0 Å². The predicted molar refractivity (Wildman–Crippen MR) is 143 cm³/mol. The second-order valence-corrected chi connectivity index (χ2v) is 8.63. The number of aromatic nitrogens is 1. The number of nitrogens with one attached hydrogen (secondary N) is 1. The van der Waals surface area contributed by atoms with Crippen LogP contribution in [0.3, 0.4) is 0 Å². The third-order valence-electron chi connectivity index (χ3n) is 5.88. The third kappa shape index (κ3) is 6.43. The normalized spacial score (nSPS) is 11.0. The van der Waals surface area contributed by atoms with Crippen molar-refractivity contribution >= 4 is 11.8 Å². The highest BCUT2D eigenvalue weighted by molar-refractivity contribution is 6.08. The Balaban J connectivity index is 0.000000203. The van der Waals surface area contributed by atoms with Crippen molar-refractivity contribution in [1.82, 2.24) is 4.57 Å². The van der Waals surface area contributed by atoms with Crippen LogP contribution in [0.1, 0.15) is 33.4 Å². The van der Waals surface area contributed by atoms with Gasteiger partial charge in [0.25, 0.3) is 0 Å². The van der Waals surface area contributed by atoms with E-state index in [2.05, 4.69) is 130 Å². The van der Waals surface area contributed by atoms with Crippen molar-refractivity contribution in [3.8, 4) is 11.3 Å². The molecule has 4 rings (SSSR count). The van der Waals surface area contributed by atoms with Gasteiger partial charge in [0.15, 0.2) is 0 Å². The maximum atomic E-state index is 7.66. The third-order valence-corrected chi connectivity index (χ3v) is 5.88. The van der Waals surface area contributed by atoms with Crippen molar-refractivity contribution in [3.63, 3.8) is 0 Å². The Morgan fingerprint density at radius 3 is 2.00 bits per heavy atom. The first-order chi connectivity index (χ1) is 15.9. The van der Waals surface area contributed by atoms with Crippen molar-refractivity contribution in [1.29, 1.82) is 5.41 Å². The van der Waals surface area contributed by atoms with Crippen LogP contribution in [0.15, 0.2) is 91.1 Å². The minimum absolute atomic E-state index is 0.865. The molecule has 0 unspecified atom stereocenters. The SMILES string of the molecule is Cc1cc(C)cc(/C(C=N)=C/Cc2ccccc2C)c1.Cc1ccccc1-c1cccn1C. The van der Waals surface area contributed by atoms with Gasteiger partial charge in [-0.25, -0.2) is 0 Å². The van der Waals surface area contributed by atoms with E-state index in [0.717, 1.165) is 17.6 Å². The summed E-state index contributed by atoms with van der Waals surface area (Å²) in [6.07, 6.45) is 6.53. The topological polar surface area (TPSA) is 28.8 Å². The maximum Gasteiger partial charge on any atom is 0.0480 e. The molecule has 0 aliphatic carbocycles. The van der Waals surface area contributed by atoms with Gasteiger partial charge in [0.2, 0.25) is 0 Å². The molecule has 3 aromatic carbocycles. The fraction of sp³-hybridized carbons (Fsp3) is 0.194. The second kappa shape index (κ2) is 11.3. The number of hydrogen-bond donors (Lipinski definition) is 1. The second-order valence-electron chi connectivity index (χ2n) is 8.63. The quantitative estimate of drug-likeness (QED) is 0.309. The van der Waals surface area contributed by atoms with E-state index in [4.69, 9.17) is 5.41 Å². The summed E-state index contributed by atoms with van der Waals surface area (Å²) >= 11 is 0. The van der Waals surface area contributed by atoms with Crippen molar-refractivity contribution in [2.45, 2.75) is 34.1 Å². The van der Waals surface area contributed by atoms with Crippen LogP contribution in [0.5, 0.6) is 0 Å². The fourth-order valence-electron chi connectivity index (χ4n) is 4.06. The largest absolute Gasteiger partial charge is 0.351 e. The number of allylic oxidation sites excluding steroid dienone is 2. The van der Waals surface area contributed by atoms with Crippen molar-refractivity contribution < 1.29 is 0 Å². The van der Waals surface area contributed by atoms with E-state index >= 15 is 0 Å². The zero-order chi connectivity index (χ0) is 23.8. The number of benzene rings is 3. The number of rotatable bonds is 5. The lowest BCUT2D eigenvalue weighted by Crippen LogP contribution is -1.92. The summed E-state index contributed by atoms with van der Waals surface area (Å²) in [6.45, 7) is 8.46. The van der Waals surface area contributed by atoms with E-state index in [9.17, 15) is 0 Å². The van der Waals surface area contributed by atoms with Gasteiger partial charge in [-0.15, -0.1) is 0 Å². The van der Waals surface area contributed by atoms with Crippen molar-refractivity contribution in [2.24, 2.45) is 7.05 Å². The van der Waals surface area contributed by atoms with Gasteiger partial charge in [0.1, 0.15) is 0 Å². The Hall–Kier alpha value is -3.65. The van der Waals surface area contributed by atoms with Crippen LogP contribution in [-0.2, 0) is 13.5 Å². The average Bonchev–Trinajstić information content (AvgIpc) is 3.21. The van der Waals surface area contributed by atoms with Crippen molar-refractivity contribution in [3.05, 3.63) is 125 Å². The minimum atomic E-state index is 0.865. The molecule has 0 aliphatic heterocycles. The Morgan fingerprint density at radius 2 is 1.42 bits per heavy atom. The molecule has 33 heavy (non-hydrogen) atoms. The molecule has 0 bridgehead atoms. The Bertz CT molecular complexity index is 1240. The molecule has 1 aromatic heterocycles. The lowest BCUT2D eigenvalue weighted by atomic mass is 9.98. The predicted octanol–water partition coefficient (Wildman–Crippen LogP) is 7.89. The fourth-order valence-corrected chi connectivity index (χ4v) is 4.06. The minimum Gasteiger partial charge on any atom is -0.351 e. The van der Waals surface area contributed by atoms with Gasteiger partial charge in [-0.2, -0.15) is 0 Å². The first kappa shape index (κ1) is 24.0. The van der Waals surface area contributed by atoms with Crippen LogP contribution in [0.25, 0.3) is 16.8 Å². The molecule has 0 saturated heterocycles. The average molecular weight is 435 g/mol. The van der Waals surface area contributed by atoms with Crippen LogP contribution < -0.4 is 0 Å². The molecule has 4 aromatic rings. The van der Waals surface area contributed by atoms with Gasteiger partial charge in [0, 0.05) is 30.7 Å².